The minimum absolute atomic E-state index is 0.116. The van der Waals surface area contributed by atoms with Gasteiger partial charge in [0, 0.05) is 27.9 Å². The third-order valence-corrected chi connectivity index (χ3v) is 5.60. The molecule has 120 valence electrons. The molecule has 1 aliphatic heterocycles. The van der Waals surface area contributed by atoms with Crippen LogP contribution in [-0.4, -0.2) is 0 Å². The number of hydrogen-bond acceptors (Lipinski definition) is 1. The van der Waals surface area contributed by atoms with E-state index in [1.807, 2.05) is 0 Å². The molecular weight excluding hydrogens is 278 g/mol. The lowest BCUT2D eigenvalue weighted by atomic mass is 9.63. The summed E-state index contributed by atoms with van der Waals surface area (Å²) in [7, 11) is 0. The number of nitrogens with one attached hydrogen (secondary N) is 1. The summed E-state index contributed by atoms with van der Waals surface area (Å²) in [6, 6.07) is 6.78. The van der Waals surface area contributed by atoms with Gasteiger partial charge in [-0.3, -0.25) is 0 Å². The topological polar surface area (TPSA) is 12.0 Å². The molecule has 1 aromatic rings. The van der Waals surface area contributed by atoms with Gasteiger partial charge in [-0.2, -0.15) is 0 Å². The first-order valence-electron chi connectivity index (χ1n) is 8.42. The summed E-state index contributed by atoms with van der Waals surface area (Å²) in [6.45, 7) is 19.6. The number of fused-ring (bicyclic) bond motifs is 2. The highest BCUT2D eigenvalue weighted by Crippen LogP contribution is 2.49. The van der Waals surface area contributed by atoms with Crippen molar-refractivity contribution in [2.24, 2.45) is 11.3 Å². The maximum Gasteiger partial charge on any atom is 0.0499 e. The summed E-state index contributed by atoms with van der Waals surface area (Å²) < 4.78 is 0. The van der Waals surface area contributed by atoms with Crippen molar-refractivity contribution in [3.05, 3.63) is 76.5 Å². The molecule has 0 saturated carbocycles. The van der Waals surface area contributed by atoms with E-state index >= 15 is 0 Å². The molecular formula is C22H27N. The van der Waals surface area contributed by atoms with E-state index in [0.717, 1.165) is 23.3 Å². The SMILES string of the molecule is C=C(C)C1=CC2=C(NC1=C)c1ccc(C)cc1CC2(C)C(C)C. The molecule has 23 heavy (non-hydrogen) atoms. The van der Waals surface area contributed by atoms with E-state index in [9.17, 15) is 0 Å². The van der Waals surface area contributed by atoms with Crippen LogP contribution in [0.3, 0.4) is 0 Å². The first-order valence-corrected chi connectivity index (χ1v) is 8.42. The zero-order valence-corrected chi connectivity index (χ0v) is 15.0. The fourth-order valence-electron chi connectivity index (χ4n) is 3.75. The number of hydrogen-bond donors (Lipinski definition) is 1. The van der Waals surface area contributed by atoms with E-state index in [2.05, 4.69) is 77.4 Å². The molecule has 0 saturated heterocycles. The van der Waals surface area contributed by atoms with Crippen LogP contribution >= 0.6 is 0 Å². The van der Waals surface area contributed by atoms with E-state index in [1.165, 1.54) is 28.0 Å². The number of rotatable bonds is 2. The molecule has 1 heterocycles. The van der Waals surface area contributed by atoms with E-state index in [4.69, 9.17) is 0 Å². The van der Waals surface area contributed by atoms with Crippen molar-refractivity contribution in [2.75, 3.05) is 0 Å². The Morgan fingerprint density at radius 1 is 1.30 bits per heavy atom. The van der Waals surface area contributed by atoms with Crippen molar-refractivity contribution < 1.29 is 0 Å². The van der Waals surface area contributed by atoms with Gasteiger partial charge in [0.05, 0.1) is 0 Å². The molecule has 1 unspecified atom stereocenters. The van der Waals surface area contributed by atoms with Crippen LogP contribution in [0.1, 0.15) is 44.4 Å². The number of dihydropyridines is 1. The fourth-order valence-corrected chi connectivity index (χ4v) is 3.75. The van der Waals surface area contributed by atoms with Gasteiger partial charge in [-0.15, -0.1) is 0 Å². The molecule has 0 spiro atoms. The van der Waals surface area contributed by atoms with Crippen LogP contribution in [-0.2, 0) is 6.42 Å². The van der Waals surface area contributed by atoms with E-state index in [0.29, 0.717) is 5.92 Å². The molecule has 3 rings (SSSR count). The Hall–Kier alpha value is -2.02. The third-order valence-electron chi connectivity index (χ3n) is 5.60. The lowest BCUT2D eigenvalue weighted by Crippen LogP contribution is -2.36. The predicted octanol–water partition coefficient (Wildman–Crippen LogP) is 5.54. The number of benzene rings is 1. The van der Waals surface area contributed by atoms with Gasteiger partial charge in [-0.25, -0.2) is 0 Å². The molecule has 0 amide bonds. The van der Waals surface area contributed by atoms with Gasteiger partial charge in [0.15, 0.2) is 0 Å². The smallest absolute Gasteiger partial charge is 0.0499 e. The zero-order valence-electron chi connectivity index (χ0n) is 15.0. The van der Waals surface area contributed by atoms with Gasteiger partial charge in [-0.1, -0.05) is 57.7 Å². The van der Waals surface area contributed by atoms with E-state index in [-0.39, 0.29) is 5.41 Å². The van der Waals surface area contributed by atoms with Gasteiger partial charge < -0.3 is 5.32 Å². The van der Waals surface area contributed by atoms with E-state index in [1.54, 1.807) is 0 Å². The molecule has 0 radical (unpaired) electrons. The van der Waals surface area contributed by atoms with Crippen molar-refractivity contribution in [2.45, 2.75) is 41.0 Å². The highest BCUT2D eigenvalue weighted by molar-refractivity contribution is 5.80. The second-order valence-electron chi connectivity index (χ2n) is 7.64. The highest BCUT2D eigenvalue weighted by Gasteiger charge is 2.40. The lowest BCUT2D eigenvalue weighted by Gasteiger charge is -2.44. The van der Waals surface area contributed by atoms with Gasteiger partial charge >= 0.3 is 0 Å². The molecule has 1 N–H and O–H groups in total. The predicted molar refractivity (Wildman–Crippen MR) is 99.9 cm³/mol. The van der Waals surface area contributed by atoms with Crippen molar-refractivity contribution in [3.8, 4) is 0 Å². The Labute approximate surface area is 140 Å². The summed E-state index contributed by atoms with van der Waals surface area (Å²) in [5, 5.41) is 3.59. The first kappa shape index (κ1) is 15.9. The van der Waals surface area contributed by atoms with Crippen molar-refractivity contribution in [1.82, 2.24) is 5.32 Å². The summed E-state index contributed by atoms with van der Waals surface area (Å²) in [5.74, 6) is 0.553. The van der Waals surface area contributed by atoms with Crippen LogP contribution in [0.4, 0.5) is 0 Å². The molecule has 0 bridgehead atoms. The highest BCUT2D eigenvalue weighted by atomic mass is 14.9. The molecule has 1 aromatic carbocycles. The van der Waals surface area contributed by atoms with Crippen molar-refractivity contribution in [3.63, 3.8) is 0 Å². The first-order chi connectivity index (χ1) is 10.7. The summed E-state index contributed by atoms with van der Waals surface area (Å²) >= 11 is 0. The summed E-state index contributed by atoms with van der Waals surface area (Å²) in [4.78, 5) is 0. The number of allylic oxidation sites excluding steroid dienone is 3. The maximum absolute atomic E-state index is 4.22. The van der Waals surface area contributed by atoms with Crippen LogP contribution in [0.5, 0.6) is 0 Å². The molecule has 2 aliphatic rings. The third kappa shape index (κ3) is 2.39. The quantitative estimate of drug-likeness (QED) is 0.756. The minimum Gasteiger partial charge on any atom is -0.355 e. The van der Waals surface area contributed by atoms with Gasteiger partial charge in [-0.05, 0) is 49.0 Å². The van der Waals surface area contributed by atoms with Crippen molar-refractivity contribution in [1.29, 1.82) is 0 Å². The Balaban J connectivity index is 2.29. The molecule has 1 aliphatic carbocycles. The maximum atomic E-state index is 4.22. The van der Waals surface area contributed by atoms with Gasteiger partial charge in [0.1, 0.15) is 0 Å². The summed E-state index contributed by atoms with van der Waals surface area (Å²) in [5.41, 5.74) is 9.99. The largest absolute Gasteiger partial charge is 0.355 e. The van der Waals surface area contributed by atoms with Crippen LogP contribution in [0, 0.1) is 18.3 Å². The van der Waals surface area contributed by atoms with Gasteiger partial charge in [0.25, 0.3) is 0 Å². The van der Waals surface area contributed by atoms with Gasteiger partial charge in [0.2, 0.25) is 0 Å². The molecule has 0 fully saturated rings. The molecule has 1 atom stereocenters. The minimum atomic E-state index is 0.116. The average Bonchev–Trinajstić information content (AvgIpc) is 2.45. The van der Waals surface area contributed by atoms with Crippen LogP contribution in [0.2, 0.25) is 0 Å². The Morgan fingerprint density at radius 2 is 2.00 bits per heavy atom. The fraction of sp³-hybridized carbons (Fsp3) is 0.364. The Bertz CT molecular complexity index is 773. The van der Waals surface area contributed by atoms with Crippen LogP contribution < -0.4 is 5.32 Å². The van der Waals surface area contributed by atoms with E-state index < -0.39 is 0 Å². The second-order valence-corrected chi connectivity index (χ2v) is 7.64. The Kier molecular flexibility index (Phi) is 3.63. The molecule has 0 aromatic heterocycles. The molecule has 1 nitrogen and oxygen atoms in total. The monoisotopic (exact) mass is 305 g/mol. The Morgan fingerprint density at radius 3 is 2.61 bits per heavy atom. The van der Waals surface area contributed by atoms with Crippen LogP contribution in [0.25, 0.3) is 5.70 Å². The summed E-state index contributed by atoms with van der Waals surface area (Å²) in [6.07, 6.45) is 3.40. The standard InChI is InChI=1S/C22H27N/c1-13(2)19-11-20-21(23-16(19)6)18-9-8-15(5)10-17(18)12-22(20,7)14(3)4/h8-11,14,23H,1,6,12H2,2-5,7H3. The zero-order chi connectivity index (χ0) is 16.9. The molecule has 1 heteroatoms. The second kappa shape index (κ2) is 5.26. The number of aryl methyl sites for hydroxylation is 1. The van der Waals surface area contributed by atoms with Crippen LogP contribution in [0.15, 0.2) is 59.8 Å². The van der Waals surface area contributed by atoms with Crippen molar-refractivity contribution >= 4 is 5.70 Å². The normalized spacial score (nSPS) is 23.2. The average molecular weight is 305 g/mol. The lowest BCUT2D eigenvalue weighted by molar-refractivity contribution is 0.276.